The third-order valence-corrected chi connectivity index (χ3v) is 7.58. The molecule has 0 aliphatic carbocycles. The van der Waals surface area contributed by atoms with Crippen molar-refractivity contribution < 1.29 is 22.7 Å². The molecule has 43 heavy (non-hydrogen) atoms. The number of nitrogens with one attached hydrogen (secondary N) is 1. The molecule has 0 radical (unpaired) electrons. The van der Waals surface area contributed by atoms with Gasteiger partial charge in [0.05, 0.1) is 24.5 Å². The Bertz CT molecular complexity index is 1540. The zero-order valence-electron chi connectivity index (χ0n) is 24.0. The zero-order valence-corrected chi connectivity index (χ0v) is 24.0. The molecule has 0 amide bonds. The smallest absolute Gasteiger partial charge is 0.422 e. The number of rotatable bonds is 8. The highest BCUT2D eigenvalue weighted by Gasteiger charge is 2.31. The van der Waals surface area contributed by atoms with Crippen LogP contribution in [-0.4, -0.2) is 77.3 Å². The van der Waals surface area contributed by atoms with Gasteiger partial charge in [0.2, 0.25) is 0 Å². The number of benzene rings is 2. The zero-order chi connectivity index (χ0) is 30.0. The lowest BCUT2D eigenvalue weighted by Crippen LogP contribution is -2.44. The van der Waals surface area contributed by atoms with E-state index in [0.717, 1.165) is 55.0 Å². The lowest BCUT2D eigenvalue weighted by Gasteiger charge is -2.35. The van der Waals surface area contributed by atoms with Crippen molar-refractivity contribution in [3.8, 4) is 16.9 Å². The maximum Gasteiger partial charge on any atom is 0.422 e. The molecule has 0 saturated carbocycles. The second-order valence-corrected chi connectivity index (χ2v) is 10.7. The molecule has 1 unspecified atom stereocenters. The van der Waals surface area contributed by atoms with E-state index in [0.29, 0.717) is 23.9 Å². The Hall–Kier alpha value is -4.36. The van der Waals surface area contributed by atoms with Gasteiger partial charge in [-0.25, -0.2) is 15.0 Å². The summed E-state index contributed by atoms with van der Waals surface area (Å²) in [6, 6.07) is 15.2. The lowest BCUT2D eigenvalue weighted by molar-refractivity contribution is -0.153. The van der Waals surface area contributed by atoms with Gasteiger partial charge < -0.3 is 19.9 Å². The van der Waals surface area contributed by atoms with E-state index in [2.05, 4.69) is 37.2 Å². The molecule has 2 aromatic carbocycles. The van der Waals surface area contributed by atoms with Crippen LogP contribution >= 0.6 is 0 Å². The van der Waals surface area contributed by atoms with Gasteiger partial charge in [-0.1, -0.05) is 30.3 Å². The van der Waals surface area contributed by atoms with Crippen LogP contribution in [0.4, 0.5) is 36.2 Å². The molecule has 10 nitrogen and oxygen atoms in total. The number of hydroxylamine groups is 1. The summed E-state index contributed by atoms with van der Waals surface area (Å²) in [5.74, 6) is 0.982. The molecule has 1 atom stereocenters. The van der Waals surface area contributed by atoms with E-state index in [4.69, 9.17) is 9.57 Å². The van der Waals surface area contributed by atoms with E-state index in [1.54, 1.807) is 34.1 Å². The molecule has 2 aromatic heterocycles. The van der Waals surface area contributed by atoms with Crippen LogP contribution in [0.5, 0.6) is 5.75 Å². The highest BCUT2D eigenvalue weighted by atomic mass is 19.4. The van der Waals surface area contributed by atoms with Gasteiger partial charge in [-0.15, -0.1) is 0 Å². The Morgan fingerprint density at radius 3 is 2.53 bits per heavy atom. The van der Waals surface area contributed by atoms with Crippen molar-refractivity contribution >= 4 is 23.0 Å². The normalized spacial score (nSPS) is 17.8. The summed E-state index contributed by atoms with van der Waals surface area (Å²) in [6.45, 7) is 2.22. The lowest BCUT2D eigenvalue weighted by atomic mass is 10.0. The van der Waals surface area contributed by atoms with Crippen molar-refractivity contribution in [2.45, 2.75) is 18.6 Å². The van der Waals surface area contributed by atoms with Gasteiger partial charge in [0.15, 0.2) is 12.4 Å². The summed E-state index contributed by atoms with van der Waals surface area (Å²) in [5.41, 5.74) is 3.87. The fraction of sp³-hybridized carbons (Fsp3) is 0.367. The van der Waals surface area contributed by atoms with E-state index in [-0.39, 0.29) is 11.8 Å². The largest absolute Gasteiger partial charge is 0.482 e. The number of hydrogen-bond acceptors (Lipinski definition) is 9. The molecule has 2 aliphatic heterocycles. The minimum Gasteiger partial charge on any atom is -0.482 e. The summed E-state index contributed by atoms with van der Waals surface area (Å²) < 4.78 is 47.1. The summed E-state index contributed by atoms with van der Waals surface area (Å²) in [4.78, 5) is 19.1. The van der Waals surface area contributed by atoms with Crippen LogP contribution in [0.3, 0.4) is 0 Å². The van der Waals surface area contributed by atoms with Crippen molar-refractivity contribution in [3.05, 3.63) is 72.8 Å². The molecule has 2 fully saturated rings. The highest BCUT2D eigenvalue weighted by Crippen LogP contribution is 2.42. The minimum atomic E-state index is -4.51. The number of aromatic nitrogens is 4. The number of alkyl halides is 3. The molecule has 13 heteroatoms. The van der Waals surface area contributed by atoms with E-state index in [1.807, 2.05) is 43.6 Å². The van der Waals surface area contributed by atoms with Gasteiger partial charge in [-0.2, -0.15) is 18.3 Å². The Morgan fingerprint density at radius 2 is 1.81 bits per heavy atom. The number of hydrogen-bond donors (Lipinski definition) is 1. The first-order valence-electron chi connectivity index (χ1n) is 14.1. The predicted octanol–water partition coefficient (Wildman–Crippen LogP) is 5.20. The summed E-state index contributed by atoms with van der Waals surface area (Å²) >= 11 is 0. The summed E-state index contributed by atoms with van der Waals surface area (Å²) in [7, 11) is 3.88. The minimum absolute atomic E-state index is 0.0327. The fourth-order valence-corrected chi connectivity index (χ4v) is 5.39. The first-order valence-corrected chi connectivity index (χ1v) is 14.1. The summed E-state index contributed by atoms with van der Waals surface area (Å²) in [6.07, 6.45) is 1.31. The number of anilines is 4. The molecular formula is C30H33F3N8O2. The van der Waals surface area contributed by atoms with Gasteiger partial charge in [-0.05, 0) is 18.7 Å². The van der Waals surface area contributed by atoms with Crippen LogP contribution in [0.1, 0.15) is 18.0 Å². The molecule has 4 aromatic rings. The van der Waals surface area contributed by atoms with E-state index < -0.39 is 12.8 Å². The van der Waals surface area contributed by atoms with Gasteiger partial charge >= 0.3 is 6.18 Å². The summed E-state index contributed by atoms with van der Waals surface area (Å²) in [5, 5.41) is 9.29. The molecule has 2 aliphatic rings. The van der Waals surface area contributed by atoms with Crippen molar-refractivity contribution in [2.24, 2.45) is 7.05 Å². The fourth-order valence-electron chi connectivity index (χ4n) is 5.39. The molecule has 4 heterocycles. The second-order valence-electron chi connectivity index (χ2n) is 10.7. The van der Waals surface area contributed by atoms with Gasteiger partial charge in [0.1, 0.15) is 17.9 Å². The van der Waals surface area contributed by atoms with Crippen molar-refractivity contribution in [2.75, 3.05) is 61.7 Å². The average Bonchev–Trinajstić information content (AvgIpc) is 3.67. The Balaban J connectivity index is 1.37. The third-order valence-electron chi connectivity index (χ3n) is 7.58. The molecule has 0 spiro atoms. The Labute approximate surface area is 247 Å². The molecule has 1 N–H and O–H groups in total. The SMILES string of the molecule is CN1CCN(c2cc(OCC(F)(F)F)c(Nc3cc(N4OCCC4c4ccccc4)ncn3)cc2-c2cnn(C)c2)CC1. The molecule has 0 bridgehead atoms. The quantitative estimate of drug-likeness (QED) is 0.296. The molecular weight excluding hydrogens is 561 g/mol. The second kappa shape index (κ2) is 12.1. The van der Waals surface area contributed by atoms with Crippen LogP contribution < -0.4 is 20.0 Å². The van der Waals surface area contributed by atoms with Crippen LogP contribution in [-0.2, 0) is 11.9 Å². The average molecular weight is 595 g/mol. The monoisotopic (exact) mass is 594 g/mol. The maximum absolute atomic E-state index is 13.3. The standard InChI is InChI=1S/C30H33F3N8O2/c1-38-9-11-40(12-10-38)26-15-27(42-19-30(31,32)33)24(14-23(26)22-17-36-39(2)18-22)37-28-16-29(35-20-34-28)41-25(8-13-43-41)21-6-4-3-5-7-21/h3-7,14-18,20,25H,8-13,19H2,1-2H3,(H,34,35,37). The number of aryl methyl sites for hydroxylation is 1. The first-order chi connectivity index (χ1) is 20.7. The predicted molar refractivity (Wildman–Crippen MR) is 157 cm³/mol. The van der Waals surface area contributed by atoms with E-state index in [9.17, 15) is 13.2 Å². The van der Waals surface area contributed by atoms with Crippen molar-refractivity contribution in [1.29, 1.82) is 0 Å². The topological polar surface area (TPSA) is 83.8 Å². The van der Waals surface area contributed by atoms with Crippen LogP contribution in [0.15, 0.2) is 67.3 Å². The number of piperazine rings is 1. The van der Waals surface area contributed by atoms with Gasteiger partial charge in [0, 0.05) is 74.8 Å². The molecule has 2 saturated heterocycles. The van der Waals surface area contributed by atoms with E-state index >= 15 is 0 Å². The molecule has 6 rings (SSSR count). The van der Waals surface area contributed by atoms with Crippen LogP contribution in [0.25, 0.3) is 11.1 Å². The number of ether oxygens (including phenoxy) is 1. The Morgan fingerprint density at radius 1 is 1.02 bits per heavy atom. The van der Waals surface area contributed by atoms with E-state index in [1.165, 1.54) is 6.33 Å². The van der Waals surface area contributed by atoms with Gasteiger partial charge in [-0.3, -0.25) is 9.52 Å². The number of nitrogens with zero attached hydrogens (tertiary/aromatic N) is 7. The maximum atomic E-state index is 13.3. The highest BCUT2D eigenvalue weighted by molar-refractivity contribution is 5.85. The van der Waals surface area contributed by atoms with Crippen LogP contribution in [0.2, 0.25) is 0 Å². The van der Waals surface area contributed by atoms with Crippen molar-refractivity contribution in [1.82, 2.24) is 24.6 Å². The number of likely N-dealkylation sites (N-methyl/N-ethyl adjacent to an activating group) is 1. The number of halogens is 3. The first kappa shape index (κ1) is 28.7. The Kier molecular flexibility index (Phi) is 8.08. The van der Waals surface area contributed by atoms with Gasteiger partial charge in [0.25, 0.3) is 0 Å². The van der Waals surface area contributed by atoms with Crippen molar-refractivity contribution in [3.63, 3.8) is 0 Å². The van der Waals surface area contributed by atoms with Crippen LogP contribution in [0, 0.1) is 0 Å². The third kappa shape index (κ3) is 6.67. The molecule has 226 valence electrons.